The number of hydrogen-bond acceptors (Lipinski definition) is 6. The van der Waals surface area contributed by atoms with Gasteiger partial charge in [-0.2, -0.15) is 0 Å². The van der Waals surface area contributed by atoms with Gasteiger partial charge in [0, 0.05) is 36.2 Å². The van der Waals surface area contributed by atoms with Crippen LogP contribution in [0.3, 0.4) is 0 Å². The summed E-state index contributed by atoms with van der Waals surface area (Å²) in [5.41, 5.74) is 1.80. The first-order valence-electron chi connectivity index (χ1n) is 9.96. The first-order chi connectivity index (χ1) is 14.6. The Kier molecular flexibility index (Phi) is 12.3. The minimum absolute atomic E-state index is 0.229. The molecule has 2 atom stereocenters. The van der Waals surface area contributed by atoms with Crippen LogP contribution in [0.2, 0.25) is 10.0 Å². The van der Waals surface area contributed by atoms with Gasteiger partial charge in [-0.05, 0) is 23.3 Å². The molecule has 2 aromatic rings. The molecule has 0 unspecified atom stereocenters. The average Bonchev–Trinajstić information content (AvgIpc) is 2.73. The highest BCUT2D eigenvalue weighted by Crippen LogP contribution is 2.16. The minimum Gasteiger partial charge on any atom is -0.389 e. The summed E-state index contributed by atoms with van der Waals surface area (Å²) in [6.45, 7) is 3.37. The fourth-order valence-corrected chi connectivity index (χ4v) is 3.05. The van der Waals surface area contributed by atoms with Crippen molar-refractivity contribution in [2.45, 2.75) is 25.4 Å². The van der Waals surface area contributed by atoms with Gasteiger partial charge in [0.1, 0.15) is 0 Å². The van der Waals surface area contributed by atoms with Gasteiger partial charge < -0.3 is 30.3 Å². The predicted octanol–water partition coefficient (Wildman–Crippen LogP) is 2.63. The highest BCUT2D eigenvalue weighted by Gasteiger charge is 2.07. The van der Waals surface area contributed by atoms with E-state index >= 15 is 0 Å². The topological polar surface area (TPSA) is 83.0 Å². The van der Waals surface area contributed by atoms with Crippen molar-refractivity contribution in [2.24, 2.45) is 0 Å². The molecule has 2 aromatic carbocycles. The number of rotatable bonds is 15. The SMILES string of the molecule is O[C@H](CNCCNC[C@H](O)COCc1ccccc1Cl)COCc1ccccc1Cl. The van der Waals surface area contributed by atoms with Crippen molar-refractivity contribution in [2.75, 3.05) is 39.4 Å². The zero-order valence-corrected chi connectivity index (χ0v) is 18.4. The lowest BCUT2D eigenvalue weighted by molar-refractivity contribution is 0.0274. The number of aliphatic hydroxyl groups is 2. The summed E-state index contributed by atoms with van der Waals surface area (Å²) in [4.78, 5) is 0. The molecule has 166 valence electrons. The molecule has 0 aliphatic heterocycles. The molecule has 0 saturated heterocycles. The Morgan fingerprint density at radius 3 is 1.50 bits per heavy atom. The van der Waals surface area contributed by atoms with E-state index in [1.54, 1.807) is 0 Å². The third kappa shape index (κ3) is 10.2. The first kappa shape index (κ1) is 25.0. The molecule has 0 fully saturated rings. The van der Waals surface area contributed by atoms with E-state index in [4.69, 9.17) is 32.7 Å². The quantitative estimate of drug-likeness (QED) is 0.308. The van der Waals surface area contributed by atoms with E-state index < -0.39 is 12.2 Å². The average molecular weight is 457 g/mol. The van der Waals surface area contributed by atoms with Gasteiger partial charge in [-0.15, -0.1) is 0 Å². The maximum Gasteiger partial charge on any atom is 0.0897 e. The molecule has 30 heavy (non-hydrogen) atoms. The van der Waals surface area contributed by atoms with E-state index in [2.05, 4.69) is 10.6 Å². The summed E-state index contributed by atoms with van der Waals surface area (Å²) < 4.78 is 11.0. The van der Waals surface area contributed by atoms with Crippen LogP contribution < -0.4 is 10.6 Å². The maximum absolute atomic E-state index is 9.95. The summed E-state index contributed by atoms with van der Waals surface area (Å²) >= 11 is 12.1. The van der Waals surface area contributed by atoms with Crippen LogP contribution in [0, 0.1) is 0 Å². The van der Waals surface area contributed by atoms with E-state index in [1.165, 1.54) is 0 Å². The van der Waals surface area contributed by atoms with Crippen molar-refractivity contribution in [3.05, 3.63) is 69.7 Å². The van der Waals surface area contributed by atoms with Crippen LogP contribution in [-0.2, 0) is 22.7 Å². The third-order valence-corrected chi connectivity index (χ3v) is 5.03. The summed E-state index contributed by atoms with van der Waals surface area (Å²) in [5, 5.41) is 27.5. The van der Waals surface area contributed by atoms with Crippen molar-refractivity contribution < 1.29 is 19.7 Å². The standard InChI is InChI=1S/C22H30Cl2N2O4/c23-21-7-3-1-5-17(21)13-29-15-19(27)11-25-9-10-26-12-20(28)16-30-14-18-6-2-4-8-22(18)24/h1-8,19-20,25-28H,9-16H2/t19-,20+. The molecule has 2 rings (SSSR count). The molecule has 0 heterocycles. The molecule has 0 bridgehead atoms. The Balaban J connectivity index is 1.43. The molecular weight excluding hydrogens is 427 g/mol. The number of nitrogens with one attached hydrogen (secondary N) is 2. The predicted molar refractivity (Wildman–Crippen MR) is 120 cm³/mol. The second-order valence-corrected chi connectivity index (χ2v) is 7.74. The fourth-order valence-electron chi connectivity index (χ4n) is 2.67. The third-order valence-electron chi connectivity index (χ3n) is 4.29. The van der Waals surface area contributed by atoms with Crippen LogP contribution in [0.15, 0.2) is 48.5 Å². The largest absolute Gasteiger partial charge is 0.389 e. The van der Waals surface area contributed by atoms with Crippen molar-refractivity contribution >= 4 is 23.2 Å². The molecule has 6 nitrogen and oxygen atoms in total. The molecule has 4 N–H and O–H groups in total. The van der Waals surface area contributed by atoms with Crippen LogP contribution in [0.5, 0.6) is 0 Å². The van der Waals surface area contributed by atoms with Crippen LogP contribution in [0.25, 0.3) is 0 Å². The fraction of sp³-hybridized carbons (Fsp3) is 0.455. The normalized spacial score (nSPS) is 13.3. The summed E-state index contributed by atoms with van der Waals surface area (Å²) in [6.07, 6.45) is -1.20. The summed E-state index contributed by atoms with van der Waals surface area (Å²) in [5.74, 6) is 0. The Labute approximate surface area is 188 Å². The number of hydrogen-bond donors (Lipinski definition) is 4. The van der Waals surface area contributed by atoms with E-state index in [9.17, 15) is 10.2 Å². The van der Waals surface area contributed by atoms with Gasteiger partial charge >= 0.3 is 0 Å². The van der Waals surface area contributed by atoms with Gasteiger partial charge in [-0.25, -0.2) is 0 Å². The maximum atomic E-state index is 9.95. The van der Waals surface area contributed by atoms with Gasteiger partial charge in [0.05, 0.1) is 38.6 Å². The smallest absolute Gasteiger partial charge is 0.0897 e. The molecular formula is C22H30Cl2N2O4. The zero-order valence-electron chi connectivity index (χ0n) is 16.9. The lowest BCUT2D eigenvalue weighted by Crippen LogP contribution is -2.37. The molecule has 0 aromatic heterocycles. The highest BCUT2D eigenvalue weighted by atomic mass is 35.5. The number of ether oxygens (including phenoxy) is 2. The van der Waals surface area contributed by atoms with Crippen LogP contribution >= 0.6 is 23.2 Å². The van der Waals surface area contributed by atoms with E-state index in [-0.39, 0.29) is 13.2 Å². The number of benzene rings is 2. The van der Waals surface area contributed by atoms with Crippen molar-refractivity contribution in [1.82, 2.24) is 10.6 Å². The van der Waals surface area contributed by atoms with Gasteiger partial charge in [-0.1, -0.05) is 59.6 Å². The van der Waals surface area contributed by atoms with E-state index in [0.29, 0.717) is 49.4 Å². The Bertz CT molecular complexity index is 674. The van der Waals surface area contributed by atoms with Crippen LogP contribution in [0.4, 0.5) is 0 Å². The Morgan fingerprint density at radius 1 is 0.700 bits per heavy atom. The highest BCUT2D eigenvalue weighted by molar-refractivity contribution is 6.31. The van der Waals surface area contributed by atoms with Crippen molar-refractivity contribution in [3.8, 4) is 0 Å². The lowest BCUT2D eigenvalue weighted by Gasteiger charge is -2.15. The van der Waals surface area contributed by atoms with E-state index in [1.807, 2.05) is 48.5 Å². The monoisotopic (exact) mass is 456 g/mol. The molecule has 0 spiro atoms. The number of halogens is 2. The van der Waals surface area contributed by atoms with Crippen LogP contribution in [0.1, 0.15) is 11.1 Å². The molecule has 0 radical (unpaired) electrons. The molecule has 0 aliphatic carbocycles. The first-order valence-corrected chi connectivity index (χ1v) is 10.7. The van der Waals surface area contributed by atoms with Gasteiger partial charge in [-0.3, -0.25) is 0 Å². The van der Waals surface area contributed by atoms with Gasteiger partial charge in [0.15, 0.2) is 0 Å². The van der Waals surface area contributed by atoms with Crippen molar-refractivity contribution in [1.29, 1.82) is 0 Å². The molecule has 0 saturated carbocycles. The molecule has 0 aliphatic rings. The van der Waals surface area contributed by atoms with E-state index in [0.717, 1.165) is 11.1 Å². The zero-order chi connectivity index (χ0) is 21.6. The lowest BCUT2D eigenvalue weighted by atomic mass is 10.2. The van der Waals surface area contributed by atoms with Gasteiger partial charge in [0.2, 0.25) is 0 Å². The second-order valence-electron chi connectivity index (χ2n) is 6.93. The Hall–Kier alpha value is -1.22. The molecule has 8 heteroatoms. The van der Waals surface area contributed by atoms with Gasteiger partial charge in [0.25, 0.3) is 0 Å². The minimum atomic E-state index is -0.601. The number of aliphatic hydroxyl groups excluding tert-OH is 2. The second kappa shape index (κ2) is 14.7. The molecule has 0 amide bonds. The van der Waals surface area contributed by atoms with Crippen molar-refractivity contribution in [3.63, 3.8) is 0 Å². The summed E-state index contributed by atoms with van der Waals surface area (Å²) in [7, 11) is 0. The van der Waals surface area contributed by atoms with Crippen LogP contribution in [-0.4, -0.2) is 61.8 Å². The summed E-state index contributed by atoms with van der Waals surface area (Å²) in [6, 6.07) is 15.0. The Morgan fingerprint density at radius 2 is 1.10 bits per heavy atom.